The Hall–Kier alpha value is -1.29. The van der Waals surface area contributed by atoms with Crippen LogP contribution in [0.3, 0.4) is 0 Å². The van der Waals surface area contributed by atoms with Gasteiger partial charge in [-0.2, -0.15) is 0 Å². The van der Waals surface area contributed by atoms with Crippen LogP contribution in [0.1, 0.15) is 24.8 Å². The summed E-state index contributed by atoms with van der Waals surface area (Å²) in [5, 5.41) is 8.57. The Morgan fingerprint density at radius 1 is 1.28 bits per heavy atom. The van der Waals surface area contributed by atoms with Crippen molar-refractivity contribution in [2.24, 2.45) is 0 Å². The first-order valence-electron chi connectivity index (χ1n) is 6.36. The van der Waals surface area contributed by atoms with Crippen LogP contribution in [0.15, 0.2) is 24.3 Å². The second kappa shape index (κ2) is 6.59. The zero-order chi connectivity index (χ0) is 13.6. The van der Waals surface area contributed by atoms with E-state index in [1.807, 2.05) is 12.1 Å². The highest BCUT2D eigenvalue weighted by atomic mass is 28.4. The molecular formula is C14H22O3Si. The number of aliphatic carboxylic acids is 1. The van der Waals surface area contributed by atoms with Crippen LogP contribution in [0.2, 0.25) is 19.6 Å². The summed E-state index contributed by atoms with van der Waals surface area (Å²) in [4.78, 5) is 10.4. The molecule has 0 aliphatic rings. The van der Waals surface area contributed by atoms with Gasteiger partial charge in [-0.3, -0.25) is 4.79 Å². The summed E-state index contributed by atoms with van der Waals surface area (Å²) in [5.41, 5.74) is 1.22. The largest absolute Gasteiger partial charge is 0.544 e. The molecule has 18 heavy (non-hydrogen) atoms. The SMILES string of the molecule is C[Si](C)(C)Oc1cccc(CCCCC(=O)O)c1. The topological polar surface area (TPSA) is 46.5 Å². The fraction of sp³-hybridized carbons (Fsp3) is 0.500. The Kier molecular flexibility index (Phi) is 5.41. The number of carboxylic acid groups (broad SMARTS) is 1. The van der Waals surface area contributed by atoms with Crippen molar-refractivity contribution in [2.45, 2.75) is 45.3 Å². The number of carbonyl (C=O) groups is 1. The average molecular weight is 266 g/mol. The summed E-state index contributed by atoms with van der Waals surface area (Å²) < 4.78 is 5.93. The van der Waals surface area contributed by atoms with Crippen LogP contribution in [0.5, 0.6) is 5.75 Å². The van der Waals surface area contributed by atoms with Crippen LogP contribution in [-0.2, 0) is 11.2 Å². The minimum absolute atomic E-state index is 0.255. The van der Waals surface area contributed by atoms with Crippen molar-refractivity contribution in [1.29, 1.82) is 0 Å². The first-order valence-corrected chi connectivity index (χ1v) is 9.77. The predicted octanol–water partition coefficient (Wildman–Crippen LogP) is 3.70. The summed E-state index contributed by atoms with van der Waals surface area (Å²) in [7, 11) is -1.55. The van der Waals surface area contributed by atoms with Crippen LogP contribution in [0, 0.1) is 0 Å². The summed E-state index contributed by atoms with van der Waals surface area (Å²) in [5.74, 6) is 0.218. The quantitative estimate of drug-likeness (QED) is 0.604. The van der Waals surface area contributed by atoms with Crippen molar-refractivity contribution in [3.63, 3.8) is 0 Å². The van der Waals surface area contributed by atoms with Gasteiger partial charge < -0.3 is 9.53 Å². The van der Waals surface area contributed by atoms with Crippen molar-refractivity contribution >= 4 is 14.3 Å². The van der Waals surface area contributed by atoms with E-state index in [4.69, 9.17) is 9.53 Å². The van der Waals surface area contributed by atoms with Gasteiger partial charge in [-0.1, -0.05) is 12.1 Å². The Balaban J connectivity index is 2.47. The molecule has 1 rings (SSSR count). The molecule has 0 saturated carbocycles. The third-order valence-corrected chi connectivity index (χ3v) is 3.28. The smallest absolute Gasteiger partial charge is 0.303 e. The summed E-state index contributed by atoms with van der Waals surface area (Å²) in [6.45, 7) is 6.48. The molecule has 0 bridgehead atoms. The van der Waals surface area contributed by atoms with E-state index in [1.165, 1.54) is 5.56 Å². The van der Waals surface area contributed by atoms with E-state index in [0.29, 0.717) is 0 Å². The van der Waals surface area contributed by atoms with E-state index in [9.17, 15) is 4.79 Å². The molecule has 1 N–H and O–H groups in total. The highest BCUT2D eigenvalue weighted by molar-refractivity contribution is 6.70. The van der Waals surface area contributed by atoms with E-state index < -0.39 is 14.3 Å². The van der Waals surface area contributed by atoms with Gasteiger partial charge >= 0.3 is 5.97 Å². The number of rotatable bonds is 7. The zero-order valence-electron chi connectivity index (χ0n) is 11.4. The van der Waals surface area contributed by atoms with Gasteiger partial charge in [-0.05, 0) is 56.6 Å². The lowest BCUT2D eigenvalue weighted by Gasteiger charge is -2.19. The molecule has 0 aromatic heterocycles. The highest BCUT2D eigenvalue weighted by Gasteiger charge is 2.16. The third-order valence-electron chi connectivity index (χ3n) is 2.43. The second-order valence-electron chi connectivity index (χ2n) is 5.46. The predicted molar refractivity (Wildman–Crippen MR) is 75.6 cm³/mol. The molecule has 100 valence electrons. The number of aryl methyl sites for hydroxylation is 1. The molecule has 0 amide bonds. The van der Waals surface area contributed by atoms with Gasteiger partial charge in [0.05, 0.1) is 0 Å². The maximum atomic E-state index is 10.4. The number of carboxylic acids is 1. The number of unbranched alkanes of at least 4 members (excludes halogenated alkanes) is 1. The molecule has 0 heterocycles. The first-order chi connectivity index (χ1) is 8.37. The second-order valence-corrected chi connectivity index (χ2v) is 9.89. The lowest BCUT2D eigenvalue weighted by atomic mass is 10.1. The number of benzene rings is 1. The molecule has 0 unspecified atom stereocenters. The van der Waals surface area contributed by atoms with Crippen molar-refractivity contribution in [3.05, 3.63) is 29.8 Å². The fourth-order valence-corrected chi connectivity index (χ4v) is 2.56. The van der Waals surface area contributed by atoms with Crippen LogP contribution in [-0.4, -0.2) is 19.4 Å². The van der Waals surface area contributed by atoms with Crippen molar-refractivity contribution in [1.82, 2.24) is 0 Å². The molecular weight excluding hydrogens is 244 g/mol. The van der Waals surface area contributed by atoms with Crippen molar-refractivity contribution in [3.8, 4) is 5.75 Å². The summed E-state index contributed by atoms with van der Waals surface area (Å²) in [6, 6.07) is 8.12. The minimum Gasteiger partial charge on any atom is -0.544 e. The normalized spacial score (nSPS) is 11.3. The van der Waals surface area contributed by atoms with E-state index in [0.717, 1.165) is 25.0 Å². The lowest BCUT2D eigenvalue weighted by molar-refractivity contribution is -0.137. The van der Waals surface area contributed by atoms with Gasteiger partial charge in [-0.25, -0.2) is 0 Å². The van der Waals surface area contributed by atoms with Gasteiger partial charge in [0.2, 0.25) is 8.32 Å². The van der Waals surface area contributed by atoms with Gasteiger partial charge in [0, 0.05) is 6.42 Å². The molecule has 4 heteroatoms. The van der Waals surface area contributed by atoms with Gasteiger partial charge in [0.1, 0.15) is 5.75 Å². The van der Waals surface area contributed by atoms with Crippen LogP contribution >= 0.6 is 0 Å². The maximum absolute atomic E-state index is 10.4. The third kappa shape index (κ3) is 6.44. The van der Waals surface area contributed by atoms with Crippen LogP contribution in [0.4, 0.5) is 0 Å². The molecule has 0 radical (unpaired) electrons. The molecule has 0 fully saturated rings. The molecule has 0 aliphatic heterocycles. The molecule has 0 saturated heterocycles. The molecule has 0 aliphatic carbocycles. The Morgan fingerprint density at radius 3 is 2.61 bits per heavy atom. The summed E-state index contributed by atoms with van der Waals surface area (Å²) >= 11 is 0. The van der Waals surface area contributed by atoms with Crippen LogP contribution < -0.4 is 4.43 Å². The van der Waals surface area contributed by atoms with Gasteiger partial charge in [-0.15, -0.1) is 0 Å². The standard InChI is InChI=1S/C14H22O3Si/c1-18(2,3)17-13-9-6-8-12(11-13)7-4-5-10-14(15)16/h6,8-9,11H,4-5,7,10H2,1-3H3,(H,15,16). The monoisotopic (exact) mass is 266 g/mol. The Morgan fingerprint density at radius 2 is 2.00 bits per heavy atom. The zero-order valence-corrected chi connectivity index (χ0v) is 12.4. The summed E-state index contributed by atoms with van der Waals surface area (Å²) in [6.07, 6.45) is 2.80. The van der Waals surface area contributed by atoms with E-state index in [-0.39, 0.29) is 6.42 Å². The Bertz CT molecular complexity index is 396. The fourth-order valence-electron chi connectivity index (χ4n) is 1.72. The molecule has 3 nitrogen and oxygen atoms in total. The molecule has 0 atom stereocenters. The lowest BCUT2D eigenvalue weighted by Crippen LogP contribution is -2.29. The van der Waals surface area contributed by atoms with Gasteiger partial charge in [0.25, 0.3) is 0 Å². The number of hydrogen-bond acceptors (Lipinski definition) is 2. The van der Waals surface area contributed by atoms with Gasteiger partial charge in [0.15, 0.2) is 0 Å². The van der Waals surface area contributed by atoms with Crippen LogP contribution in [0.25, 0.3) is 0 Å². The first kappa shape index (κ1) is 14.8. The Labute approximate surface area is 110 Å². The van der Waals surface area contributed by atoms with E-state index in [2.05, 4.69) is 31.8 Å². The molecule has 0 spiro atoms. The van der Waals surface area contributed by atoms with E-state index >= 15 is 0 Å². The molecule has 1 aromatic rings. The average Bonchev–Trinajstić information content (AvgIpc) is 2.22. The maximum Gasteiger partial charge on any atom is 0.303 e. The van der Waals surface area contributed by atoms with Crippen molar-refractivity contribution in [2.75, 3.05) is 0 Å². The highest BCUT2D eigenvalue weighted by Crippen LogP contribution is 2.19. The molecule has 1 aromatic carbocycles. The van der Waals surface area contributed by atoms with E-state index in [1.54, 1.807) is 0 Å². The minimum atomic E-state index is -1.55. The number of hydrogen-bond donors (Lipinski definition) is 1. The van der Waals surface area contributed by atoms with Crippen molar-refractivity contribution < 1.29 is 14.3 Å².